The molecule has 1 N–H and O–H groups in total. The van der Waals surface area contributed by atoms with Gasteiger partial charge in [0.1, 0.15) is 11.4 Å². The first kappa shape index (κ1) is 18.8. The van der Waals surface area contributed by atoms with Gasteiger partial charge in [0.25, 0.3) is 5.91 Å². The summed E-state index contributed by atoms with van der Waals surface area (Å²) < 4.78 is 12.2. The molecule has 4 rings (SSSR count). The number of aromatic nitrogens is 2. The van der Waals surface area contributed by atoms with Gasteiger partial charge in [0, 0.05) is 11.8 Å². The molecule has 0 aliphatic heterocycles. The third-order valence-electron chi connectivity index (χ3n) is 4.36. The van der Waals surface area contributed by atoms with Crippen LogP contribution in [-0.4, -0.2) is 29.9 Å². The highest BCUT2D eigenvalue weighted by Crippen LogP contribution is 2.30. The normalized spacial score (nSPS) is 10.6. The van der Waals surface area contributed by atoms with Gasteiger partial charge in [-0.2, -0.15) is 5.10 Å². The first-order valence-electron chi connectivity index (χ1n) is 8.92. The lowest BCUT2D eigenvalue weighted by atomic mass is 10.2. The lowest BCUT2D eigenvalue weighted by molar-refractivity contribution is 0.101. The summed E-state index contributed by atoms with van der Waals surface area (Å²) in [6, 6.07) is 20.6. The number of carbonyl (C=O) groups is 1. The van der Waals surface area contributed by atoms with Gasteiger partial charge in [-0.1, -0.05) is 24.3 Å². The molecule has 0 atom stereocenters. The van der Waals surface area contributed by atoms with Gasteiger partial charge in [0.15, 0.2) is 11.5 Å². The summed E-state index contributed by atoms with van der Waals surface area (Å²) in [5, 5.41) is 9.58. The van der Waals surface area contributed by atoms with Gasteiger partial charge >= 0.3 is 0 Å². The summed E-state index contributed by atoms with van der Waals surface area (Å²) in [7, 11) is 3.13. The maximum atomic E-state index is 13.1. The second kappa shape index (κ2) is 8.20. The monoisotopic (exact) mass is 405 g/mol. The molecule has 0 aliphatic rings. The number of amides is 1. The Hall–Kier alpha value is -3.58. The molecule has 0 aliphatic carbocycles. The number of carbonyl (C=O) groups excluding carboxylic acids is 1. The zero-order valence-corrected chi connectivity index (χ0v) is 16.8. The number of nitrogens with one attached hydrogen (secondary N) is 1. The Labute approximate surface area is 172 Å². The number of nitrogens with zero attached hydrogens (tertiary/aromatic N) is 2. The minimum absolute atomic E-state index is 0.267. The minimum Gasteiger partial charge on any atom is -0.493 e. The Morgan fingerprint density at radius 2 is 1.76 bits per heavy atom. The van der Waals surface area contributed by atoms with E-state index in [9.17, 15) is 4.79 Å². The van der Waals surface area contributed by atoms with Crippen molar-refractivity contribution in [3.05, 3.63) is 77.8 Å². The van der Waals surface area contributed by atoms with Crippen LogP contribution in [0.1, 0.15) is 10.5 Å². The van der Waals surface area contributed by atoms with Crippen LogP contribution in [0, 0.1) is 0 Å². The Morgan fingerprint density at radius 3 is 2.45 bits per heavy atom. The summed E-state index contributed by atoms with van der Waals surface area (Å²) in [6.07, 6.45) is 0. The van der Waals surface area contributed by atoms with Gasteiger partial charge < -0.3 is 14.8 Å². The molecular weight excluding hydrogens is 386 g/mol. The SMILES string of the molecule is COc1ccc(NC(=O)c2cc(-c3cccs3)nn2-c2ccccc2)cc1OC. The maximum Gasteiger partial charge on any atom is 0.274 e. The molecule has 7 heteroatoms. The van der Waals surface area contributed by atoms with Crippen molar-refractivity contribution in [1.82, 2.24) is 9.78 Å². The van der Waals surface area contributed by atoms with E-state index in [2.05, 4.69) is 10.4 Å². The molecule has 4 aromatic rings. The predicted octanol–water partition coefficient (Wildman–Crippen LogP) is 4.87. The number of ether oxygens (including phenoxy) is 2. The second-order valence-corrected chi connectivity index (χ2v) is 7.11. The van der Waals surface area contributed by atoms with E-state index >= 15 is 0 Å². The minimum atomic E-state index is -0.267. The molecule has 0 fully saturated rings. The molecule has 6 nitrogen and oxygen atoms in total. The Kier molecular flexibility index (Phi) is 5.31. The maximum absolute atomic E-state index is 13.1. The van der Waals surface area contributed by atoms with Crippen LogP contribution in [0.15, 0.2) is 72.1 Å². The summed E-state index contributed by atoms with van der Waals surface area (Å²) >= 11 is 1.58. The lowest BCUT2D eigenvalue weighted by Crippen LogP contribution is -2.17. The second-order valence-electron chi connectivity index (χ2n) is 6.16. The number of hydrogen-bond acceptors (Lipinski definition) is 5. The van der Waals surface area contributed by atoms with Crippen molar-refractivity contribution in [3.8, 4) is 27.8 Å². The molecule has 0 saturated carbocycles. The molecule has 2 aromatic heterocycles. The molecule has 0 saturated heterocycles. The van der Waals surface area contributed by atoms with Gasteiger partial charge in [-0.05, 0) is 41.8 Å². The van der Waals surface area contributed by atoms with Crippen molar-refractivity contribution >= 4 is 22.9 Å². The van der Waals surface area contributed by atoms with Gasteiger partial charge in [0.05, 0.1) is 24.8 Å². The molecule has 2 heterocycles. The smallest absolute Gasteiger partial charge is 0.274 e. The van der Waals surface area contributed by atoms with Crippen LogP contribution in [0.2, 0.25) is 0 Å². The molecule has 0 radical (unpaired) electrons. The van der Waals surface area contributed by atoms with Crippen LogP contribution in [0.25, 0.3) is 16.3 Å². The lowest BCUT2D eigenvalue weighted by Gasteiger charge is -2.11. The van der Waals surface area contributed by atoms with Crippen molar-refractivity contribution in [1.29, 1.82) is 0 Å². The molecule has 1 amide bonds. The number of methoxy groups -OCH3 is 2. The van der Waals surface area contributed by atoms with Gasteiger partial charge in [-0.25, -0.2) is 4.68 Å². The van der Waals surface area contributed by atoms with E-state index in [4.69, 9.17) is 9.47 Å². The Balaban J connectivity index is 1.71. The molecular formula is C22H19N3O3S. The van der Waals surface area contributed by atoms with Crippen LogP contribution in [0.5, 0.6) is 11.5 Å². The number of para-hydroxylation sites is 1. The summed E-state index contributed by atoms with van der Waals surface area (Å²) in [5.41, 5.74) is 2.61. The summed E-state index contributed by atoms with van der Waals surface area (Å²) in [4.78, 5) is 14.1. The van der Waals surface area contributed by atoms with Crippen molar-refractivity contribution in [3.63, 3.8) is 0 Å². The fourth-order valence-corrected chi connectivity index (χ4v) is 3.64. The summed E-state index contributed by atoms with van der Waals surface area (Å²) in [6.45, 7) is 0. The third kappa shape index (κ3) is 3.86. The first-order valence-corrected chi connectivity index (χ1v) is 9.80. The van der Waals surface area contributed by atoms with Crippen LogP contribution >= 0.6 is 11.3 Å². The average Bonchev–Trinajstić information content (AvgIpc) is 3.44. The van der Waals surface area contributed by atoms with Crippen molar-refractivity contribution in [2.75, 3.05) is 19.5 Å². The zero-order chi connectivity index (χ0) is 20.2. The molecule has 0 bridgehead atoms. The third-order valence-corrected chi connectivity index (χ3v) is 5.25. The molecule has 2 aromatic carbocycles. The Morgan fingerprint density at radius 1 is 0.966 bits per heavy atom. The van der Waals surface area contributed by atoms with E-state index in [0.29, 0.717) is 22.9 Å². The number of anilines is 1. The highest BCUT2D eigenvalue weighted by Gasteiger charge is 2.19. The zero-order valence-electron chi connectivity index (χ0n) is 16.0. The Bertz CT molecular complexity index is 1120. The van der Waals surface area contributed by atoms with Crippen molar-refractivity contribution in [2.45, 2.75) is 0 Å². The quantitative estimate of drug-likeness (QED) is 0.497. The molecule has 0 spiro atoms. The van der Waals surface area contributed by atoms with E-state index < -0.39 is 0 Å². The fraction of sp³-hybridized carbons (Fsp3) is 0.0909. The fourth-order valence-electron chi connectivity index (χ4n) is 2.96. The number of hydrogen-bond donors (Lipinski definition) is 1. The van der Waals surface area contributed by atoms with Crippen LogP contribution in [0.3, 0.4) is 0 Å². The van der Waals surface area contributed by atoms with Crippen LogP contribution in [-0.2, 0) is 0 Å². The largest absolute Gasteiger partial charge is 0.493 e. The van der Waals surface area contributed by atoms with E-state index in [1.165, 1.54) is 0 Å². The standard InChI is InChI=1S/C22H19N3O3S/c1-27-19-11-10-15(13-20(19)28-2)23-22(26)18-14-17(21-9-6-12-29-21)24-25(18)16-7-4-3-5-8-16/h3-14H,1-2H3,(H,23,26). The number of thiophene rings is 1. The highest BCUT2D eigenvalue weighted by atomic mass is 32.1. The predicted molar refractivity (Wildman–Crippen MR) is 114 cm³/mol. The van der Waals surface area contributed by atoms with Gasteiger partial charge in [-0.15, -0.1) is 11.3 Å². The molecule has 0 unspecified atom stereocenters. The highest BCUT2D eigenvalue weighted by molar-refractivity contribution is 7.13. The van der Waals surface area contributed by atoms with E-state index in [1.807, 2.05) is 47.8 Å². The molecule has 146 valence electrons. The average molecular weight is 405 g/mol. The first-order chi connectivity index (χ1) is 14.2. The van der Waals surface area contributed by atoms with E-state index in [1.54, 1.807) is 54.5 Å². The van der Waals surface area contributed by atoms with Crippen LogP contribution in [0.4, 0.5) is 5.69 Å². The van der Waals surface area contributed by atoms with E-state index in [-0.39, 0.29) is 5.91 Å². The number of rotatable bonds is 6. The van der Waals surface area contributed by atoms with Crippen LogP contribution < -0.4 is 14.8 Å². The van der Waals surface area contributed by atoms with E-state index in [0.717, 1.165) is 16.3 Å². The van der Waals surface area contributed by atoms with Gasteiger partial charge in [-0.3, -0.25) is 4.79 Å². The molecule has 29 heavy (non-hydrogen) atoms. The van der Waals surface area contributed by atoms with Crippen molar-refractivity contribution in [2.24, 2.45) is 0 Å². The van der Waals surface area contributed by atoms with Crippen molar-refractivity contribution < 1.29 is 14.3 Å². The topological polar surface area (TPSA) is 65.4 Å². The van der Waals surface area contributed by atoms with Gasteiger partial charge in [0.2, 0.25) is 0 Å². The number of benzene rings is 2. The summed E-state index contributed by atoms with van der Waals surface area (Å²) in [5.74, 6) is 0.873.